The molecule has 4 aromatic rings. The monoisotopic (exact) mass is 445 g/mol. The van der Waals surface area contributed by atoms with E-state index < -0.39 is 5.91 Å². The maximum Gasteiger partial charge on any atom is 0.274 e. The number of fused-ring (bicyclic) bond motifs is 1. The summed E-state index contributed by atoms with van der Waals surface area (Å²) in [5.74, 6) is -0.0517. The molecule has 0 aliphatic rings. The molecular weight excluding hydrogens is 418 g/mol. The number of hydroxylamine groups is 1. The molecule has 1 unspecified atom stereocenters. The second-order valence-electron chi connectivity index (χ2n) is 9.15. The molecule has 0 saturated carbocycles. The summed E-state index contributed by atoms with van der Waals surface area (Å²) in [4.78, 5) is 24.9. The fraction of sp³-hybridized carbons (Fsp3) is 0.231. The van der Waals surface area contributed by atoms with Crippen molar-refractivity contribution in [1.82, 2.24) is 15.4 Å². The zero-order valence-corrected chi connectivity index (χ0v) is 19.0. The first-order chi connectivity index (χ1) is 15.7. The van der Waals surface area contributed by atoms with Gasteiger partial charge in [0, 0.05) is 30.3 Å². The van der Waals surface area contributed by atoms with Crippen molar-refractivity contribution >= 4 is 22.9 Å². The fourth-order valence-electron chi connectivity index (χ4n) is 3.97. The van der Waals surface area contributed by atoms with E-state index in [1.165, 1.54) is 0 Å². The van der Waals surface area contributed by atoms with Gasteiger partial charge >= 0.3 is 0 Å². The van der Waals surface area contributed by atoms with Crippen molar-refractivity contribution in [3.63, 3.8) is 0 Å². The van der Waals surface area contributed by atoms with E-state index >= 15 is 0 Å². The van der Waals surface area contributed by atoms with Crippen molar-refractivity contribution in [1.29, 1.82) is 0 Å². The van der Waals surface area contributed by atoms with Crippen LogP contribution in [0.3, 0.4) is 0 Å². The van der Waals surface area contributed by atoms with Gasteiger partial charge in [-0.25, -0.2) is 5.48 Å². The van der Waals surface area contributed by atoms with Gasteiger partial charge in [-0.3, -0.25) is 14.8 Å². The molecule has 0 spiro atoms. The van der Waals surface area contributed by atoms with Gasteiger partial charge in [0.05, 0.1) is 11.6 Å². The van der Waals surface area contributed by atoms with E-state index in [1.54, 1.807) is 35.8 Å². The van der Waals surface area contributed by atoms with E-state index in [4.69, 9.17) is 9.62 Å². The van der Waals surface area contributed by atoms with Crippen molar-refractivity contribution in [3.8, 4) is 11.3 Å². The highest BCUT2D eigenvalue weighted by atomic mass is 16.5. The molecule has 0 bridgehead atoms. The number of furan rings is 1. The lowest BCUT2D eigenvalue weighted by Crippen LogP contribution is -2.37. The van der Waals surface area contributed by atoms with Crippen LogP contribution >= 0.6 is 0 Å². The number of hydrogen-bond donors (Lipinski definition) is 3. The molecule has 0 aliphatic carbocycles. The van der Waals surface area contributed by atoms with Gasteiger partial charge < -0.3 is 14.3 Å². The highest BCUT2D eigenvalue weighted by molar-refractivity contribution is 5.98. The minimum Gasteiger partial charge on any atom is -0.454 e. The molecule has 0 saturated heterocycles. The quantitative estimate of drug-likeness (QED) is 0.295. The highest BCUT2D eigenvalue weighted by Crippen LogP contribution is 2.34. The topological polar surface area (TPSA) is 96.5 Å². The predicted octanol–water partition coefficient (Wildman–Crippen LogP) is 5.07. The number of rotatable bonds is 5. The SMILES string of the molecule is Cn1c(C(=O)NC(c2ccc(C(=O)NO)cc2)C(C)(C)C)cc2oc(-c3ccccc3)cc21. The van der Waals surface area contributed by atoms with E-state index in [0.29, 0.717) is 16.8 Å². The summed E-state index contributed by atoms with van der Waals surface area (Å²) in [5.41, 5.74) is 5.48. The third-order valence-electron chi connectivity index (χ3n) is 5.77. The number of hydrogen-bond acceptors (Lipinski definition) is 4. The van der Waals surface area contributed by atoms with E-state index in [9.17, 15) is 9.59 Å². The Labute approximate surface area is 192 Å². The molecule has 0 radical (unpaired) electrons. The Morgan fingerprint density at radius 1 is 0.970 bits per heavy atom. The third kappa shape index (κ3) is 4.40. The summed E-state index contributed by atoms with van der Waals surface area (Å²) >= 11 is 0. The van der Waals surface area contributed by atoms with E-state index in [1.807, 2.05) is 68.8 Å². The van der Waals surface area contributed by atoms with Gasteiger partial charge in [-0.1, -0.05) is 63.2 Å². The summed E-state index contributed by atoms with van der Waals surface area (Å²) < 4.78 is 7.84. The van der Waals surface area contributed by atoms with Crippen molar-refractivity contribution < 1.29 is 19.2 Å². The Bertz CT molecular complexity index is 1300. The molecule has 2 heterocycles. The zero-order valence-electron chi connectivity index (χ0n) is 19.0. The summed E-state index contributed by atoms with van der Waals surface area (Å²) in [6, 6.07) is 20.0. The Kier molecular flexibility index (Phi) is 5.82. The van der Waals surface area contributed by atoms with E-state index in [0.717, 1.165) is 22.4 Å². The average Bonchev–Trinajstić information content (AvgIpc) is 3.36. The molecule has 2 amide bonds. The van der Waals surface area contributed by atoms with Gasteiger partial charge in [0.1, 0.15) is 11.5 Å². The number of amides is 2. The first kappa shape index (κ1) is 22.4. The highest BCUT2D eigenvalue weighted by Gasteiger charge is 2.29. The van der Waals surface area contributed by atoms with Gasteiger partial charge in [0.25, 0.3) is 11.8 Å². The standard InChI is InChI=1S/C26H27N3O4/c1-26(2,3)23(17-10-12-18(13-11-17)24(30)28-32)27-25(31)20-15-22-19(29(20)4)14-21(33-22)16-8-6-5-7-9-16/h5-15,23,32H,1-4H3,(H,27,31)(H,28,30). The Morgan fingerprint density at radius 2 is 1.64 bits per heavy atom. The number of carbonyl (C=O) groups excluding carboxylic acids is 2. The second-order valence-corrected chi connectivity index (χ2v) is 9.15. The molecular formula is C26H27N3O4. The molecule has 7 heteroatoms. The average molecular weight is 446 g/mol. The normalized spacial score (nSPS) is 12.5. The minimum absolute atomic E-state index is 0.220. The first-order valence-electron chi connectivity index (χ1n) is 10.7. The van der Waals surface area contributed by atoms with Crippen LogP contribution < -0.4 is 10.8 Å². The predicted molar refractivity (Wildman–Crippen MR) is 126 cm³/mol. The molecule has 2 aromatic heterocycles. The van der Waals surface area contributed by atoms with Gasteiger partial charge in [0.15, 0.2) is 5.58 Å². The Balaban J connectivity index is 1.61. The first-order valence-corrected chi connectivity index (χ1v) is 10.7. The van der Waals surface area contributed by atoms with Gasteiger partial charge in [-0.2, -0.15) is 0 Å². The smallest absolute Gasteiger partial charge is 0.274 e. The van der Waals surface area contributed by atoms with Crippen LogP contribution in [0, 0.1) is 5.41 Å². The van der Waals surface area contributed by atoms with Crippen molar-refractivity contribution in [2.45, 2.75) is 26.8 Å². The lowest BCUT2D eigenvalue weighted by Gasteiger charge is -2.32. The molecule has 0 fully saturated rings. The number of nitrogens with zero attached hydrogens (tertiary/aromatic N) is 1. The van der Waals surface area contributed by atoms with Crippen molar-refractivity contribution in [2.24, 2.45) is 12.5 Å². The molecule has 2 aromatic carbocycles. The molecule has 33 heavy (non-hydrogen) atoms. The number of benzene rings is 2. The van der Waals surface area contributed by atoms with Crippen LogP contribution in [0.1, 0.15) is 53.2 Å². The Morgan fingerprint density at radius 3 is 2.21 bits per heavy atom. The van der Waals surface area contributed by atoms with Crippen LogP contribution in [0.25, 0.3) is 22.4 Å². The van der Waals surface area contributed by atoms with Crippen molar-refractivity contribution in [3.05, 3.63) is 83.6 Å². The lowest BCUT2D eigenvalue weighted by atomic mass is 9.82. The third-order valence-corrected chi connectivity index (χ3v) is 5.77. The van der Waals surface area contributed by atoms with Crippen LogP contribution in [-0.2, 0) is 7.05 Å². The summed E-state index contributed by atoms with van der Waals surface area (Å²) in [7, 11) is 1.84. The molecule has 7 nitrogen and oxygen atoms in total. The second kappa shape index (κ2) is 8.60. The molecule has 4 rings (SSSR count). The van der Waals surface area contributed by atoms with E-state index in [2.05, 4.69) is 5.32 Å². The fourth-order valence-corrected chi connectivity index (χ4v) is 3.97. The van der Waals surface area contributed by atoms with E-state index in [-0.39, 0.29) is 17.4 Å². The molecule has 1 atom stereocenters. The van der Waals surface area contributed by atoms with Crippen LogP contribution in [0.15, 0.2) is 71.1 Å². The van der Waals surface area contributed by atoms with Gasteiger partial charge in [-0.15, -0.1) is 0 Å². The van der Waals surface area contributed by atoms with Crippen LogP contribution in [0.5, 0.6) is 0 Å². The van der Waals surface area contributed by atoms with Crippen molar-refractivity contribution in [2.75, 3.05) is 0 Å². The van der Waals surface area contributed by atoms with Gasteiger partial charge in [0.2, 0.25) is 0 Å². The number of aromatic nitrogens is 1. The van der Waals surface area contributed by atoms with Crippen LogP contribution in [0.2, 0.25) is 0 Å². The van der Waals surface area contributed by atoms with Crippen LogP contribution in [0.4, 0.5) is 0 Å². The molecule has 3 N–H and O–H groups in total. The largest absolute Gasteiger partial charge is 0.454 e. The zero-order chi connectivity index (χ0) is 23.8. The molecule has 0 aliphatic heterocycles. The van der Waals surface area contributed by atoms with Gasteiger partial charge in [-0.05, 0) is 23.1 Å². The minimum atomic E-state index is -0.584. The summed E-state index contributed by atoms with van der Waals surface area (Å²) in [6.07, 6.45) is 0. The number of carbonyl (C=O) groups is 2. The van der Waals surface area contributed by atoms with Crippen LogP contribution in [-0.4, -0.2) is 21.6 Å². The number of aryl methyl sites for hydroxylation is 1. The summed E-state index contributed by atoms with van der Waals surface area (Å²) in [5, 5.41) is 12.0. The maximum absolute atomic E-state index is 13.3. The maximum atomic E-state index is 13.3. The number of nitrogens with one attached hydrogen (secondary N) is 2. The Hall–Kier alpha value is -3.84. The summed E-state index contributed by atoms with van der Waals surface area (Å²) in [6.45, 7) is 6.11. The molecule has 170 valence electrons. The lowest BCUT2D eigenvalue weighted by molar-refractivity contribution is 0.0706.